The van der Waals surface area contributed by atoms with Crippen LogP contribution in [-0.4, -0.2) is 35.3 Å². The first-order valence-corrected chi connectivity index (χ1v) is 7.31. The Balaban J connectivity index is 2.56. The van der Waals surface area contributed by atoms with Crippen LogP contribution in [0.2, 0.25) is 0 Å². The van der Waals surface area contributed by atoms with Crippen molar-refractivity contribution in [2.45, 2.75) is 45.4 Å². The normalized spacial score (nSPS) is 12.8. The van der Waals surface area contributed by atoms with Crippen LogP contribution in [0.5, 0.6) is 0 Å². The Morgan fingerprint density at radius 2 is 1.87 bits per heavy atom. The van der Waals surface area contributed by atoms with Gasteiger partial charge in [0.05, 0.1) is 12.5 Å². The number of carbonyl (C=O) groups is 3. The molecule has 1 aromatic carbocycles. The lowest BCUT2D eigenvalue weighted by Crippen LogP contribution is -2.44. The number of carboxylic acids is 1. The molecule has 0 aliphatic carbocycles. The lowest BCUT2D eigenvalue weighted by Gasteiger charge is -2.18. The summed E-state index contributed by atoms with van der Waals surface area (Å²) in [4.78, 5) is 34.5. The minimum Gasteiger partial charge on any atom is -0.481 e. The van der Waals surface area contributed by atoms with Crippen LogP contribution in [0.15, 0.2) is 30.3 Å². The average molecular weight is 323 g/mol. The monoisotopic (exact) mass is 323 g/mol. The predicted molar refractivity (Wildman–Crippen MR) is 81.6 cm³/mol. The van der Waals surface area contributed by atoms with Gasteiger partial charge in [0.2, 0.25) is 0 Å². The van der Waals surface area contributed by atoms with Crippen LogP contribution in [0.4, 0.5) is 4.79 Å². The van der Waals surface area contributed by atoms with Gasteiger partial charge in [-0.2, -0.15) is 0 Å². The van der Waals surface area contributed by atoms with Gasteiger partial charge < -0.3 is 19.9 Å². The molecule has 0 saturated heterocycles. The smallest absolute Gasteiger partial charge is 0.408 e. The number of nitrogens with one attached hydrogen (secondary N) is 1. The minimum atomic E-state index is -1.29. The molecule has 1 amide bonds. The van der Waals surface area contributed by atoms with Crippen LogP contribution in [0.1, 0.15) is 32.3 Å². The molecular weight excluding hydrogens is 302 g/mol. The van der Waals surface area contributed by atoms with Gasteiger partial charge in [-0.3, -0.25) is 4.79 Å². The third-order valence-electron chi connectivity index (χ3n) is 3.06. The van der Waals surface area contributed by atoms with Gasteiger partial charge in [0, 0.05) is 0 Å². The molecule has 0 radical (unpaired) electrons. The van der Waals surface area contributed by atoms with Crippen LogP contribution in [-0.2, 0) is 25.7 Å². The number of benzene rings is 1. The summed E-state index contributed by atoms with van der Waals surface area (Å²) in [5.74, 6) is -2.02. The van der Waals surface area contributed by atoms with Crippen LogP contribution in [0.25, 0.3) is 0 Å². The molecule has 0 spiro atoms. The Morgan fingerprint density at radius 1 is 1.22 bits per heavy atom. The summed E-state index contributed by atoms with van der Waals surface area (Å²) in [6, 6.07) is 7.70. The largest absolute Gasteiger partial charge is 0.481 e. The Labute approximate surface area is 134 Å². The molecule has 1 aromatic rings. The maximum absolute atomic E-state index is 11.9. The zero-order chi connectivity index (χ0) is 17.2. The van der Waals surface area contributed by atoms with Crippen LogP contribution in [0, 0.1) is 0 Å². The van der Waals surface area contributed by atoms with Crippen LogP contribution in [0.3, 0.4) is 0 Å². The van der Waals surface area contributed by atoms with Crippen molar-refractivity contribution in [1.82, 2.24) is 5.32 Å². The fourth-order valence-electron chi connectivity index (χ4n) is 1.64. The summed E-state index contributed by atoms with van der Waals surface area (Å²) in [5.41, 5.74) is 0.777. The van der Waals surface area contributed by atoms with Crippen molar-refractivity contribution in [3.8, 4) is 0 Å². The number of hydrogen-bond acceptors (Lipinski definition) is 5. The fourth-order valence-corrected chi connectivity index (χ4v) is 1.64. The van der Waals surface area contributed by atoms with E-state index in [4.69, 9.17) is 14.6 Å². The van der Waals surface area contributed by atoms with Crippen LogP contribution < -0.4 is 5.32 Å². The third kappa shape index (κ3) is 7.30. The van der Waals surface area contributed by atoms with Gasteiger partial charge in [-0.25, -0.2) is 9.59 Å². The fraction of sp³-hybridized carbons (Fsp3) is 0.438. The van der Waals surface area contributed by atoms with Gasteiger partial charge in [-0.1, -0.05) is 37.3 Å². The molecule has 7 nitrogen and oxygen atoms in total. The van der Waals surface area contributed by atoms with E-state index in [1.165, 1.54) is 0 Å². The van der Waals surface area contributed by atoms with Gasteiger partial charge in [0.25, 0.3) is 0 Å². The van der Waals surface area contributed by atoms with Crippen molar-refractivity contribution in [2.24, 2.45) is 0 Å². The lowest BCUT2D eigenvalue weighted by atomic mass is 10.2. The second-order valence-corrected chi connectivity index (χ2v) is 5.01. The highest BCUT2D eigenvalue weighted by molar-refractivity contribution is 5.85. The predicted octanol–water partition coefficient (Wildman–Crippen LogP) is 2.10. The Kier molecular flexibility index (Phi) is 7.59. The van der Waals surface area contributed by atoms with E-state index in [-0.39, 0.29) is 12.7 Å². The molecule has 0 aromatic heterocycles. The topological polar surface area (TPSA) is 102 Å². The Bertz CT molecular complexity index is 531. The molecule has 0 saturated carbocycles. The summed E-state index contributed by atoms with van der Waals surface area (Å²) in [7, 11) is 0. The third-order valence-corrected chi connectivity index (χ3v) is 3.06. The van der Waals surface area contributed by atoms with E-state index in [1.54, 1.807) is 31.2 Å². The van der Waals surface area contributed by atoms with E-state index in [0.717, 1.165) is 5.56 Å². The number of rotatable bonds is 8. The second kappa shape index (κ2) is 9.45. The maximum Gasteiger partial charge on any atom is 0.408 e. The van der Waals surface area contributed by atoms with Crippen molar-refractivity contribution in [3.05, 3.63) is 35.9 Å². The summed E-state index contributed by atoms with van der Waals surface area (Å²) in [5, 5.41) is 11.1. The average Bonchev–Trinajstić information content (AvgIpc) is 2.52. The van der Waals surface area contributed by atoms with E-state index in [2.05, 4.69) is 5.32 Å². The molecular formula is C16H21NO6. The molecule has 23 heavy (non-hydrogen) atoms. The van der Waals surface area contributed by atoms with Crippen molar-refractivity contribution in [2.75, 3.05) is 0 Å². The van der Waals surface area contributed by atoms with E-state index in [0.29, 0.717) is 6.42 Å². The molecule has 1 unspecified atom stereocenters. The number of amides is 1. The van der Waals surface area contributed by atoms with Gasteiger partial charge in [0.1, 0.15) is 12.6 Å². The molecule has 0 bridgehead atoms. The van der Waals surface area contributed by atoms with Gasteiger partial charge in [-0.15, -0.1) is 0 Å². The summed E-state index contributed by atoms with van der Waals surface area (Å²) >= 11 is 0. The van der Waals surface area contributed by atoms with E-state index >= 15 is 0 Å². The zero-order valence-corrected chi connectivity index (χ0v) is 13.2. The Hall–Kier alpha value is -2.57. The van der Waals surface area contributed by atoms with E-state index in [1.807, 2.05) is 13.0 Å². The molecule has 1 rings (SSSR count). The number of alkyl carbamates (subject to hydrolysis) is 1. The molecule has 0 heterocycles. The maximum atomic E-state index is 11.9. The number of ether oxygens (including phenoxy) is 2. The first-order valence-electron chi connectivity index (χ1n) is 7.31. The standard InChI is InChI=1S/C16H21NO6/c1-3-11(2)23-15(20)13(9-14(18)19)17-16(21)22-10-12-7-5-4-6-8-12/h4-8,11,13H,3,9-10H2,1-2H3,(H,17,21)(H,18,19)/t11?,13-/m0/s1. The highest BCUT2D eigenvalue weighted by Crippen LogP contribution is 2.05. The van der Waals surface area contributed by atoms with Crippen molar-refractivity contribution < 1.29 is 29.0 Å². The molecule has 0 fully saturated rings. The van der Waals surface area contributed by atoms with Gasteiger partial charge in [0.15, 0.2) is 0 Å². The van der Waals surface area contributed by atoms with Gasteiger partial charge in [-0.05, 0) is 18.9 Å². The number of hydrogen-bond donors (Lipinski definition) is 2. The zero-order valence-electron chi connectivity index (χ0n) is 13.2. The summed E-state index contributed by atoms with van der Waals surface area (Å²) in [6.45, 7) is 3.53. The highest BCUT2D eigenvalue weighted by Gasteiger charge is 2.27. The molecule has 2 atom stereocenters. The first-order chi connectivity index (χ1) is 10.9. The first kappa shape index (κ1) is 18.5. The molecule has 0 aliphatic heterocycles. The SMILES string of the molecule is CCC(C)OC(=O)[C@H](CC(=O)O)NC(=O)OCc1ccccc1. The molecule has 126 valence electrons. The van der Waals surface area contributed by atoms with Crippen molar-refractivity contribution in [1.29, 1.82) is 0 Å². The highest BCUT2D eigenvalue weighted by atomic mass is 16.6. The number of esters is 1. The van der Waals surface area contributed by atoms with E-state index in [9.17, 15) is 14.4 Å². The molecule has 0 aliphatic rings. The second-order valence-electron chi connectivity index (χ2n) is 5.01. The summed E-state index contributed by atoms with van der Waals surface area (Å²) in [6.07, 6.45) is -1.22. The van der Waals surface area contributed by atoms with Crippen molar-refractivity contribution >= 4 is 18.0 Å². The number of carboxylic acid groups (broad SMARTS) is 1. The van der Waals surface area contributed by atoms with Crippen LogP contribution >= 0.6 is 0 Å². The van der Waals surface area contributed by atoms with E-state index < -0.39 is 30.5 Å². The quantitative estimate of drug-likeness (QED) is 0.710. The lowest BCUT2D eigenvalue weighted by molar-refractivity contribution is -0.154. The minimum absolute atomic E-state index is 0.0207. The molecule has 7 heteroatoms. The van der Waals surface area contributed by atoms with Gasteiger partial charge >= 0.3 is 18.0 Å². The number of aliphatic carboxylic acids is 1. The number of carbonyl (C=O) groups excluding carboxylic acids is 2. The van der Waals surface area contributed by atoms with Crippen molar-refractivity contribution in [3.63, 3.8) is 0 Å². The Morgan fingerprint density at radius 3 is 2.43 bits per heavy atom. The summed E-state index contributed by atoms with van der Waals surface area (Å²) < 4.78 is 10.0. The molecule has 2 N–H and O–H groups in total.